The van der Waals surface area contributed by atoms with E-state index in [1.807, 2.05) is 6.07 Å². The first-order chi connectivity index (χ1) is 7.24. The largest absolute Gasteiger partial charge is 0.393 e. The Morgan fingerprint density at radius 3 is 2.53 bits per heavy atom. The fraction of sp³-hybridized carbons (Fsp3) is 0.538. The lowest BCUT2D eigenvalue weighted by Crippen LogP contribution is -2.36. The number of hydrogen-bond donors (Lipinski definition) is 1. The summed E-state index contributed by atoms with van der Waals surface area (Å²) in [5.74, 6) is 0.703. The second-order valence-corrected chi connectivity index (χ2v) is 4.67. The van der Waals surface area contributed by atoms with Crippen LogP contribution in [0.4, 0.5) is 0 Å². The van der Waals surface area contributed by atoms with E-state index in [-0.39, 0.29) is 6.10 Å². The molecule has 2 rings (SSSR count). The van der Waals surface area contributed by atoms with Gasteiger partial charge < -0.3 is 10.0 Å². The maximum absolute atomic E-state index is 9.20. The summed E-state index contributed by atoms with van der Waals surface area (Å²) in [7, 11) is 2.15. The molecule has 0 spiro atoms. The third kappa shape index (κ3) is 3.05. The Labute approximate surface area is 91.5 Å². The number of nitrogens with zero attached hydrogens (tertiary/aromatic N) is 1. The number of rotatable bonds is 4. The van der Waals surface area contributed by atoms with Crippen molar-refractivity contribution in [2.45, 2.75) is 25.5 Å². The molecular weight excluding hydrogens is 186 g/mol. The van der Waals surface area contributed by atoms with E-state index in [0.29, 0.717) is 5.92 Å². The highest BCUT2D eigenvalue weighted by atomic mass is 16.3. The first-order valence-corrected chi connectivity index (χ1v) is 5.64. The molecule has 0 unspecified atom stereocenters. The van der Waals surface area contributed by atoms with Gasteiger partial charge in [0.2, 0.25) is 0 Å². The van der Waals surface area contributed by atoms with Crippen LogP contribution >= 0.6 is 0 Å². The number of benzene rings is 1. The lowest BCUT2D eigenvalue weighted by atomic mass is 9.82. The van der Waals surface area contributed by atoms with Crippen LogP contribution in [-0.2, 0) is 6.54 Å². The zero-order valence-electron chi connectivity index (χ0n) is 9.26. The first kappa shape index (κ1) is 10.7. The van der Waals surface area contributed by atoms with Gasteiger partial charge >= 0.3 is 0 Å². The third-order valence-electron chi connectivity index (χ3n) is 3.08. The average Bonchev–Trinajstić information content (AvgIpc) is 2.17. The summed E-state index contributed by atoms with van der Waals surface area (Å²) in [5.41, 5.74) is 1.36. The van der Waals surface area contributed by atoms with Crippen molar-refractivity contribution in [3.05, 3.63) is 35.9 Å². The van der Waals surface area contributed by atoms with Crippen LogP contribution in [0.15, 0.2) is 30.3 Å². The van der Waals surface area contributed by atoms with Gasteiger partial charge in [0, 0.05) is 13.1 Å². The number of hydrogen-bond acceptors (Lipinski definition) is 2. The third-order valence-corrected chi connectivity index (χ3v) is 3.08. The molecule has 82 valence electrons. The molecule has 2 heteroatoms. The Morgan fingerprint density at radius 1 is 1.27 bits per heavy atom. The van der Waals surface area contributed by atoms with Crippen LogP contribution in [0.25, 0.3) is 0 Å². The molecule has 0 amide bonds. The summed E-state index contributed by atoms with van der Waals surface area (Å²) >= 11 is 0. The summed E-state index contributed by atoms with van der Waals surface area (Å²) in [6.07, 6.45) is 1.94. The summed E-state index contributed by atoms with van der Waals surface area (Å²) in [5, 5.41) is 9.20. The lowest BCUT2D eigenvalue weighted by molar-refractivity contribution is 0.0274. The van der Waals surface area contributed by atoms with Crippen molar-refractivity contribution in [2.24, 2.45) is 5.92 Å². The monoisotopic (exact) mass is 205 g/mol. The minimum Gasteiger partial charge on any atom is -0.393 e. The molecular formula is C13H19NO. The Morgan fingerprint density at radius 2 is 1.93 bits per heavy atom. The fourth-order valence-electron chi connectivity index (χ4n) is 2.25. The van der Waals surface area contributed by atoms with E-state index in [1.54, 1.807) is 0 Å². The van der Waals surface area contributed by atoms with Gasteiger partial charge in [0.15, 0.2) is 0 Å². The highest BCUT2D eigenvalue weighted by Gasteiger charge is 2.27. The molecule has 0 aliphatic heterocycles. The average molecular weight is 205 g/mol. The molecule has 1 aliphatic rings. The van der Waals surface area contributed by atoms with E-state index >= 15 is 0 Å². The lowest BCUT2D eigenvalue weighted by Gasteiger charge is -2.34. The smallest absolute Gasteiger partial charge is 0.0546 e. The molecule has 2 nitrogen and oxygen atoms in total. The molecule has 0 bridgehead atoms. The summed E-state index contributed by atoms with van der Waals surface area (Å²) in [4.78, 5) is 2.34. The van der Waals surface area contributed by atoms with Crippen LogP contribution in [0.3, 0.4) is 0 Å². The van der Waals surface area contributed by atoms with Crippen LogP contribution in [0.5, 0.6) is 0 Å². The quantitative estimate of drug-likeness (QED) is 0.811. The number of aliphatic hydroxyl groups is 1. The summed E-state index contributed by atoms with van der Waals surface area (Å²) < 4.78 is 0. The zero-order chi connectivity index (χ0) is 10.7. The second-order valence-electron chi connectivity index (χ2n) is 4.67. The summed E-state index contributed by atoms with van der Waals surface area (Å²) in [6.45, 7) is 2.11. The van der Waals surface area contributed by atoms with Crippen molar-refractivity contribution in [3.8, 4) is 0 Å². The fourth-order valence-corrected chi connectivity index (χ4v) is 2.25. The van der Waals surface area contributed by atoms with Gasteiger partial charge in [-0.2, -0.15) is 0 Å². The van der Waals surface area contributed by atoms with Gasteiger partial charge in [-0.05, 0) is 31.4 Å². The van der Waals surface area contributed by atoms with Crippen molar-refractivity contribution in [1.82, 2.24) is 4.90 Å². The van der Waals surface area contributed by atoms with Gasteiger partial charge in [0.05, 0.1) is 6.10 Å². The van der Waals surface area contributed by atoms with Gasteiger partial charge in [-0.1, -0.05) is 30.3 Å². The predicted octanol–water partition coefficient (Wildman–Crippen LogP) is 1.89. The maximum Gasteiger partial charge on any atom is 0.0546 e. The van der Waals surface area contributed by atoms with Crippen LogP contribution in [0.2, 0.25) is 0 Å². The van der Waals surface area contributed by atoms with E-state index < -0.39 is 0 Å². The standard InChI is InChI=1S/C13H19NO/c1-14(10-12-7-13(15)8-12)9-11-5-3-2-4-6-11/h2-6,12-13,15H,7-10H2,1H3/t12-,13+. The Kier molecular flexibility index (Phi) is 3.39. The minimum absolute atomic E-state index is 0.0277. The van der Waals surface area contributed by atoms with Crippen molar-refractivity contribution in [3.63, 3.8) is 0 Å². The van der Waals surface area contributed by atoms with Crippen molar-refractivity contribution >= 4 is 0 Å². The summed E-state index contributed by atoms with van der Waals surface area (Å²) in [6, 6.07) is 10.5. The van der Waals surface area contributed by atoms with Crippen LogP contribution in [-0.4, -0.2) is 29.7 Å². The molecule has 1 N–H and O–H groups in total. The Hall–Kier alpha value is -0.860. The Balaban J connectivity index is 1.75. The van der Waals surface area contributed by atoms with E-state index in [9.17, 15) is 5.11 Å². The van der Waals surface area contributed by atoms with Gasteiger partial charge in [0.1, 0.15) is 0 Å². The molecule has 1 fully saturated rings. The highest BCUT2D eigenvalue weighted by molar-refractivity contribution is 5.14. The normalized spacial score (nSPS) is 25.3. The molecule has 1 saturated carbocycles. The van der Waals surface area contributed by atoms with E-state index in [1.165, 1.54) is 5.56 Å². The maximum atomic E-state index is 9.20. The van der Waals surface area contributed by atoms with Crippen molar-refractivity contribution < 1.29 is 5.11 Å². The van der Waals surface area contributed by atoms with Gasteiger partial charge in [-0.15, -0.1) is 0 Å². The minimum atomic E-state index is -0.0277. The van der Waals surface area contributed by atoms with E-state index in [0.717, 1.165) is 25.9 Å². The molecule has 0 aromatic heterocycles. The van der Waals surface area contributed by atoms with Crippen molar-refractivity contribution in [1.29, 1.82) is 0 Å². The molecule has 0 atom stereocenters. The SMILES string of the molecule is CN(Cc1ccccc1)C[C@H]1C[C@@H](O)C1. The molecule has 1 aromatic rings. The van der Waals surface area contributed by atoms with Crippen molar-refractivity contribution in [2.75, 3.05) is 13.6 Å². The van der Waals surface area contributed by atoms with Gasteiger partial charge in [-0.25, -0.2) is 0 Å². The molecule has 1 aromatic carbocycles. The van der Waals surface area contributed by atoms with Crippen LogP contribution in [0, 0.1) is 5.92 Å². The van der Waals surface area contributed by atoms with Crippen LogP contribution < -0.4 is 0 Å². The second kappa shape index (κ2) is 4.77. The first-order valence-electron chi connectivity index (χ1n) is 5.64. The van der Waals surface area contributed by atoms with Crippen LogP contribution in [0.1, 0.15) is 18.4 Å². The molecule has 15 heavy (non-hydrogen) atoms. The van der Waals surface area contributed by atoms with Gasteiger partial charge in [-0.3, -0.25) is 0 Å². The Bertz CT molecular complexity index is 293. The predicted molar refractivity (Wildman–Crippen MR) is 61.5 cm³/mol. The number of aliphatic hydroxyl groups excluding tert-OH is 1. The van der Waals surface area contributed by atoms with E-state index in [2.05, 4.69) is 36.2 Å². The highest BCUT2D eigenvalue weighted by Crippen LogP contribution is 2.27. The zero-order valence-corrected chi connectivity index (χ0v) is 9.26. The van der Waals surface area contributed by atoms with Gasteiger partial charge in [0.25, 0.3) is 0 Å². The molecule has 0 heterocycles. The van der Waals surface area contributed by atoms with E-state index in [4.69, 9.17) is 0 Å². The molecule has 0 radical (unpaired) electrons. The molecule has 1 aliphatic carbocycles. The topological polar surface area (TPSA) is 23.5 Å². The molecule has 0 saturated heterocycles.